The van der Waals surface area contributed by atoms with Crippen LogP contribution in [-0.4, -0.2) is 44.8 Å². The van der Waals surface area contributed by atoms with Crippen molar-refractivity contribution in [3.8, 4) is 0 Å². The zero-order chi connectivity index (χ0) is 20.0. The number of carbonyl (C=O) groups is 1. The second kappa shape index (κ2) is 7.86. The molecule has 6 nitrogen and oxygen atoms in total. The number of hydrogen-bond acceptors (Lipinski definition) is 4. The second-order valence-corrected chi connectivity index (χ2v) is 9.75. The fourth-order valence-electron chi connectivity index (χ4n) is 5.75. The first kappa shape index (κ1) is 19.3. The number of rotatable bonds is 3. The summed E-state index contributed by atoms with van der Waals surface area (Å²) in [5, 5.41) is 0. The number of aromatic nitrogens is 2. The highest BCUT2D eigenvalue weighted by Crippen LogP contribution is 2.42. The van der Waals surface area contributed by atoms with Crippen LogP contribution in [0.4, 0.5) is 0 Å². The zero-order valence-corrected chi connectivity index (χ0v) is 17.7. The van der Waals surface area contributed by atoms with Crippen molar-refractivity contribution < 1.29 is 4.79 Å². The Labute approximate surface area is 173 Å². The van der Waals surface area contributed by atoms with E-state index in [1.165, 1.54) is 32.1 Å². The smallest absolute Gasteiger partial charge is 0.254 e. The van der Waals surface area contributed by atoms with E-state index < -0.39 is 0 Å². The average molecular weight is 399 g/mol. The maximum absolute atomic E-state index is 13.0. The molecular weight excluding hydrogens is 364 g/mol. The van der Waals surface area contributed by atoms with Gasteiger partial charge in [-0.25, -0.2) is 4.98 Å². The predicted molar refractivity (Wildman–Crippen MR) is 111 cm³/mol. The molecular formula is C23H34N4O2. The van der Waals surface area contributed by atoms with Gasteiger partial charge in [0, 0.05) is 37.2 Å². The third-order valence-electron chi connectivity index (χ3n) is 7.74. The molecule has 1 N–H and O–H groups in total. The Bertz CT molecular complexity index is 829. The van der Waals surface area contributed by atoms with E-state index in [-0.39, 0.29) is 23.4 Å². The van der Waals surface area contributed by atoms with E-state index in [9.17, 15) is 9.59 Å². The fourth-order valence-corrected chi connectivity index (χ4v) is 5.75. The quantitative estimate of drug-likeness (QED) is 0.849. The Morgan fingerprint density at radius 2 is 1.83 bits per heavy atom. The molecule has 0 aromatic carbocycles. The zero-order valence-electron chi connectivity index (χ0n) is 17.7. The van der Waals surface area contributed by atoms with Crippen LogP contribution in [0.25, 0.3) is 0 Å². The lowest BCUT2D eigenvalue weighted by Gasteiger charge is -2.38. The molecule has 1 saturated heterocycles. The molecule has 2 aliphatic heterocycles. The standard InChI is InChI=1S/C23H34N4O2/c1-15-13-18(15)23(29)27-11-6-5-9-20(27)21-24-19-14-26(16-7-3-2-4-8-16)12-10-17(19)22(28)25-21/h15-16,18,20H,2-14H2,1H3,(H,24,25,28)/t15-,18-,20-/m1/s1. The lowest BCUT2D eigenvalue weighted by Crippen LogP contribution is -2.44. The number of hydrogen-bond donors (Lipinski definition) is 1. The number of carbonyl (C=O) groups excluding carboxylic acids is 1. The molecule has 3 fully saturated rings. The van der Waals surface area contributed by atoms with Crippen molar-refractivity contribution in [2.24, 2.45) is 11.8 Å². The molecule has 2 saturated carbocycles. The highest BCUT2D eigenvalue weighted by Gasteiger charge is 2.44. The average Bonchev–Trinajstić information content (AvgIpc) is 3.50. The minimum Gasteiger partial charge on any atom is -0.332 e. The molecule has 158 valence electrons. The molecule has 0 bridgehead atoms. The van der Waals surface area contributed by atoms with Crippen LogP contribution in [-0.2, 0) is 17.8 Å². The summed E-state index contributed by atoms with van der Waals surface area (Å²) in [5.41, 5.74) is 1.84. The maximum atomic E-state index is 13.0. The highest BCUT2D eigenvalue weighted by atomic mass is 16.2. The lowest BCUT2D eigenvalue weighted by molar-refractivity contribution is -0.137. The van der Waals surface area contributed by atoms with E-state index in [1.807, 2.05) is 4.90 Å². The van der Waals surface area contributed by atoms with E-state index in [1.54, 1.807) is 0 Å². The van der Waals surface area contributed by atoms with Crippen molar-refractivity contribution in [2.45, 2.75) is 89.8 Å². The van der Waals surface area contributed by atoms with E-state index in [0.717, 1.165) is 68.8 Å². The lowest BCUT2D eigenvalue weighted by atomic mass is 9.92. The van der Waals surface area contributed by atoms with Crippen molar-refractivity contribution in [1.29, 1.82) is 0 Å². The Morgan fingerprint density at radius 3 is 2.59 bits per heavy atom. The summed E-state index contributed by atoms with van der Waals surface area (Å²) in [6.45, 7) is 4.70. The molecule has 1 amide bonds. The van der Waals surface area contributed by atoms with Gasteiger partial charge in [0.15, 0.2) is 0 Å². The van der Waals surface area contributed by atoms with Crippen molar-refractivity contribution in [1.82, 2.24) is 19.8 Å². The van der Waals surface area contributed by atoms with E-state index in [4.69, 9.17) is 4.98 Å². The molecule has 0 spiro atoms. The second-order valence-electron chi connectivity index (χ2n) is 9.75. The highest BCUT2D eigenvalue weighted by molar-refractivity contribution is 5.82. The molecule has 1 aromatic rings. The molecule has 4 aliphatic rings. The van der Waals surface area contributed by atoms with Crippen LogP contribution in [0.5, 0.6) is 0 Å². The summed E-state index contributed by atoms with van der Waals surface area (Å²) in [7, 11) is 0. The number of H-pyrrole nitrogens is 1. The van der Waals surface area contributed by atoms with Crippen LogP contribution in [0.3, 0.4) is 0 Å². The minimum absolute atomic E-state index is 0.0195. The third-order valence-corrected chi connectivity index (χ3v) is 7.74. The first-order valence-electron chi connectivity index (χ1n) is 11.8. The molecule has 0 radical (unpaired) electrons. The normalized spacial score (nSPS) is 30.8. The molecule has 5 rings (SSSR count). The summed E-state index contributed by atoms with van der Waals surface area (Å²) in [4.78, 5) is 38.5. The van der Waals surface area contributed by atoms with Crippen LogP contribution in [0, 0.1) is 11.8 Å². The molecule has 3 heterocycles. The minimum atomic E-state index is -0.0629. The molecule has 6 heteroatoms. The van der Waals surface area contributed by atoms with Gasteiger partial charge >= 0.3 is 0 Å². The van der Waals surface area contributed by atoms with Crippen LogP contribution in [0.2, 0.25) is 0 Å². The SMILES string of the molecule is C[C@@H]1C[C@H]1C(=O)N1CCCC[C@@H]1c1nc2c(c(=O)[nH]1)CCN(C1CCCCC1)C2. The number of amides is 1. The van der Waals surface area contributed by atoms with Crippen LogP contribution >= 0.6 is 0 Å². The number of aromatic amines is 1. The Balaban J connectivity index is 1.40. The van der Waals surface area contributed by atoms with Crippen LogP contribution in [0.1, 0.15) is 87.8 Å². The predicted octanol–water partition coefficient (Wildman–Crippen LogP) is 3.17. The van der Waals surface area contributed by atoms with Crippen LogP contribution < -0.4 is 5.56 Å². The van der Waals surface area contributed by atoms with Gasteiger partial charge in [0.1, 0.15) is 5.82 Å². The molecule has 29 heavy (non-hydrogen) atoms. The molecule has 1 aromatic heterocycles. The van der Waals surface area contributed by atoms with Gasteiger partial charge in [-0.2, -0.15) is 0 Å². The number of likely N-dealkylation sites (tertiary alicyclic amines) is 1. The molecule has 3 atom stereocenters. The Hall–Kier alpha value is -1.69. The Morgan fingerprint density at radius 1 is 1.07 bits per heavy atom. The largest absolute Gasteiger partial charge is 0.332 e. The number of nitrogens with one attached hydrogen (secondary N) is 1. The first-order chi connectivity index (χ1) is 14.1. The van der Waals surface area contributed by atoms with Gasteiger partial charge in [0.25, 0.3) is 5.56 Å². The summed E-state index contributed by atoms with van der Waals surface area (Å²) in [6, 6.07) is 0.581. The summed E-state index contributed by atoms with van der Waals surface area (Å²) >= 11 is 0. The topological polar surface area (TPSA) is 69.3 Å². The van der Waals surface area contributed by atoms with Gasteiger partial charge in [0.2, 0.25) is 5.91 Å². The number of piperidine rings is 1. The first-order valence-corrected chi connectivity index (χ1v) is 11.8. The summed E-state index contributed by atoms with van der Waals surface area (Å²) < 4.78 is 0. The number of nitrogens with zero attached hydrogens (tertiary/aromatic N) is 3. The van der Waals surface area contributed by atoms with Gasteiger partial charge in [-0.1, -0.05) is 26.2 Å². The van der Waals surface area contributed by atoms with Crippen molar-refractivity contribution in [3.63, 3.8) is 0 Å². The third kappa shape index (κ3) is 3.76. The van der Waals surface area contributed by atoms with Crippen LogP contribution in [0.15, 0.2) is 4.79 Å². The summed E-state index contributed by atoms with van der Waals surface area (Å²) in [6.07, 6.45) is 11.4. The van der Waals surface area contributed by atoms with Crippen molar-refractivity contribution in [2.75, 3.05) is 13.1 Å². The van der Waals surface area contributed by atoms with E-state index >= 15 is 0 Å². The van der Waals surface area contributed by atoms with Gasteiger partial charge in [-0.15, -0.1) is 0 Å². The fraction of sp³-hybridized carbons (Fsp3) is 0.783. The molecule has 0 unspecified atom stereocenters. The van der Waals surface area contributed by atoms with Gasteiger partial charge in [-0.05, 0) is 50.9 Å². The Kier molecular flexibility index (Phi) is 5.23. The monoisotopic (exact) mass is 398 g/mol. The maximum Gasteiger partial charge on any atom is 0.254 e. The van der Waals surface area contributed by atoms with E-state index in [2.05, 4.69) is 16.8 Å². The van der Waals surface area contributed by atoms with Crippen molar-refractivity contribution >= 4 is 5.91 Å². The number of fused-ring (bicyclic) bond motifs is 1. The van der Waals surface area contributed by atoms with Crippen molar-refractivity contribution in [3.05, 3.63) is 27.4 Å². The van der Waals surface area contributed by atoms with E-state index in [0.29, 0.717) is 12.0 Å². The summed E-state index contributed by atoms with van der Waals surface area (Å²) in [5.74, 6) is 1.68. The van der Waals surface area contributed by atoms with Gasteiger partial charge in [0.05, 0.1) is 11.7 Å². The van der Waals surface area contributed by atoms with Gasteiger partial charge in [-0.3, -0.25) is 14.5 Å². The molecule has 2 aliphatic carbocycles. The van der Waals surface area contributed by atoms with Gasteiger partial charge < -0.3 is 9.88 Å².